The first kappa shape index (κ1) is 24.4. The number of hydrogen-bond acceptors (Lipinski definition) is 0. The predicted octanol–water partition coefficient (Wildman–Crippen LogP) is 11.2. The monoisotopic (exact) mass is 492 g/mol. The van der Waals surface area contributed by atoms with Gasteiger partial charge in [-0.1, -0.05) is 118 Å². The molecule has 0 heterocycles. The third-order valence-electron chi connectivity index (χ3n) is 8.58. The summed E-state index contributed by atoms with van der Waals surface area (Å²) in [7, 11) is 0. The maximum atomic E-state index is 2.37. The van der Waals surface area contributed by atoms with E-state index in [4.69, 9.17) is 0 Å². The molecule has 5 aromatic carbocycles. The third-order valence-corrected chi connectivity index (χ3v) is 8.58. The van der Waals surface area contributed by atoms with E-state index in [0.29, 0.717) is 11.8 Å². The summed E-state index contributed by atoms with van der Waals surface area (Å²) in [5.41, 5.74) is 13.4. The molecule has 38 heavy (non-hydrogen) atoms. The molecule has 0 saturated carbocycles. The normalized spacial score (nSPS) is 15.4. The van der Waals surface area contributed by atoms with Crippen LogP contribution >= 0.6 is 0 Å². The Kier molecular flexibility index (Phi) is 6.50. The van der Waals surface area contributed by atoms with Gasteiger partial charge in [-0.15, -0.1) is 0 Å². The first-order valence-electron chi connectivity index (χ1n) is 14.1. The van der Waals surface area contributed by atoms with Crippen LogP contribution in [0, 0.1) is 6.92 Å². The van der Waals surface area contributed by atoms with Gasteiger partial charge in [-0.2, -0.15) is 0 Å². The molecular formula is C38H36. The fourth-order valence-electron chi connectivity index (χ4n) is 6.02. The highest BCUT2D eigenvalue weighted by atomic mass is 14.2. The molecule has 6 rings (SSSR count). The van der Waals surface area contributed by atoms with Crippen molar-refractivity contribution in [2.75, 3.05) is 0 Å². The highest BCUT2D eigenvalue weighted by Gasteiger charge is 2.16. The summed E-state index contributed by atoms with van der Waals surface area (Å²) in [5, 5.41) is 2.67. The SMILES string of the molecule is CCC(C)c1ccccc1-c1cc(-c2ccc(-c3ccc4c5c(ccc4c3)C(C)CC=C5)cc2)ccc1C. The molecule has 2 unspecified atom stereocenters. The van der Waals surface area contributed by atoms with Crippen molar-refractivity contribution >= 4 is 16.8 Å². The van der Waals surface area contributed by atoms with Gasteiger partial charge in [0.2, 0.25) is 0 Å². The minimum atomic E-state index is 0.542. The van der Waals surface area contributed by atoms with Gasteiger partial charge in [-0.25, -0.2) is 0 Å². The second-order valence-corrected chi connectivity index (χ2v) is 11.0. The van der Waals surface area contributed by atoms with Gasteiger partial charge in [-0.05, 0) is 110 Å². The van der Waals surface area contributed by atoms with Crippen LogP contribution < -0.4 is 0 Å². The first-order chi connectivity index (χ1) is 18.5. The van der Waals surface area contributed by atoms with E-state index < -0.39 is 0 Å². The second kappa shape index (κ2) is 10.1. The van der Waals surface area contributed by atoms with E-state index in [1.54, 1.807) is 0 Å². The highest BCUT2D eigenvalue weighted by molar-refractivity contribution is 5.95. The smallest absolute Gasteiger partial charge is 0.0108 e. The van der Waals surface area contributed by atoms with Crippen LogP contribution in [0.25, 0.3) is 50.2 Å². The van der Waals surface area contributed by atoms with Gasteiger partial charge in [0.25, 0.3) is 0 Å². The fourth-order valence-corrected chi connectivity index (χ4v) is 6.02. The van der Waals surface area contributed by atoms with Crippen molar-refractivity contribution in [3.05, 3.63) is 125 Å². The lowest BCUT2D eigenvalue weighted by Crippen LogP contribution is -2.00. The molecule has 0 heteroatoms. The van der Waals surface area contributed by atoms with Crippen molar-refractivity contribution in [2.24, 2.45) is 0 Å². The first-order valence-corrected chi connectivity index (χ1v) is 14.1. The molecule has 188 valence electrons. The van der Waals surface area contributed by atoms with Gasteiger partial charge >= 0.3 is 0 Å². The Morgan fingerprint density at radius 1 is 0.737 bits per heavy atom. The van der Waals surface area contributed by atoms with Crippen LogP contribution in [0.15, 0.2) is 103 Å². The van der Waals surface area contributed by atoms with E-state index in [-0.39, 0.29) is 0 Å². The average Bonchev–Trinajstić information content (AvgIpc) is 2.97. The number of fused-ring (bicyclic) bond motifs is 3. The Bertz CT molecular complexity index is 1650. The van der Waals surface area contributed by atoms with E-state index in [1.165, 1.54) is 66.4 Å². The number of allylic oxidation sites excluding steroid dienone is 1. The van der Waals surface area contributed by atoms with Crippen molar-refractivity contribution in [3.63, 3.8) is 0 Å². The summed E-state index contributed by atoms with van der Waals surface area (Å²) >= 11 is 0. The molecule has 0 amide bonds. The minimum absolute atomic E-state index is 0.542. The molecular weight excluding hydrogens is 456 g/mol. The lowest BCUT2D eigenvalue weighted by Gasteiger charge is -2.20. The van der Waals surface area contributed by atoms with Gasteiger partial charge in [0.15, 0.2) is 0 Å². The summed E-state index contributed by atoms with van der Waals surface area (Å²) < 4.78 is 0. The molecule has 0 saturated heterocycles. The second-order valence-electron chi connectivity index (χ2n) is 11.0. The molecule has 1 aliphatic rings. The molecule has 2 atom stereocenters. The van der Waals surface area contributed by atoms with Crippen LogP contribution in [0.5, 0.6) is 0 Å². The Hall–Kier alpha value is -3.90. The van der Waals surface area contributed by atoms with Crippen molar-refractivity contribution in [1.29, 1.82) is 0 Å². The van der Waals surface area contributed by atoms with E-state index >= 15 is 0 Å². The quantitative estimate of drug-likeness (QED) is 0.229. The molecule has 0 spiro atoms. The zero-order chi connectivity index (χ0) is 26.2. The lowest BCUT2D eigenvalue weighted by molar-refractivity contribution is 0.735. The maximum absolute atomic E-state index is 2.37. The van der Waals surface area contributed by atoms with E-state index in [2.05, 4.69) is 137 Å². The van der Waals surface area contributed by atoms with Crippen molar-refractivity contribution in [2.45, 2.75) is 52.4 Å². The van der Waals surface area contributed by atoms with E-state index in [0.717, 1.165) is 12.8 Å². The predicted molar refractivity (Wildman–Crippen MR) is 166 cm³/mol. The van der Waals surface area contributed by atoms with Crippen LogP contribution in [0.1, 0.15) is 67.7 Å². The summed E-state index contributed by atoms with van der Waals surface area (Å²) in [6, 6.07) is 36.4. The molecule has 0 bridgehead atoms. The number of benzene rings is 5. The van der Waals surface area contributed by atoms with Crippen LogP contribution in [0.4, 0.5) is 0 Å². The molecule has 0 nitrogen and oxygen atoms in total. The summed E-state index contributed by atoms with van der Waals surface area (Å²) in [4.78, 5) is 0. The summed E-state index contributed by atoms with van der Waals surface area (Å²) in [5.74, 6) is 1.14. The zero-order valence-electron chi connectivity index (χ0n) is 23.0. The van der Waals surface area contributed by atoms with Gasteiger partial charge in [0, 0.05) is 0 Å². The van der Waals surface area contributed by atoms with E-state index in [1.807, 2.05) is 0 Å². The van der Waals surface area contributed by atoms with Crippen LogP contribution in [0.2, 0.25) is 0 Å². The molecule has 0 aliphatic heterocycles. The molecule has 5 aromatic rings. The number of rotatable bonds is 5. The maximum Gasteiger partial charge on any atom is -0.0108 e. The molecule has 0 N–H and O–H groups in total. The minimum Gasteiger partial charge on any atom is -0.0833 e. The largest absolute Gasteiger partial charge is 0.0833 e. The van der Waals surface area contributed by atoms with E-state index in [9.17, 15) is 0 Å². The number of hydrogen-bond donors (Lipinski definition) is 0. The standard InChI is InChI=1S/C38H36/c1-5-25(2)33-10-6-7-11-37(33)38-24-31(14-13-27(38)4)29-17-15-28(16-18-29)30-19-22-35-32(23-30)20-21-34-26(3)9-8-12-36(34)35/h6-8,10-26H,5,9H2,1-4H3. The van der Waals surface area contributed by atoms with Crippen molar-refractivity contribution in [1.82, 2.24) is 0 Å². The molecule has 0 radical (unpaired) electrons. The Labute approximate surface area is 227 Å². The van der Waals surface area contributed by atoms with Gasteiger partial charge < -0.3 is 0 Å². The van der Waals surface area contributed by atoms with Crippen molar-refractivity contribution in [3.8, 4) is 33.4 Å². The average molecular weight is 493 g/mol. The van der Waals surface area contributed by atoms with Gasteiger partial charge in [0.1, 0.15) is 0 Å². The lowest BCUT2D eigenvalue weighted by atomic mass is 9.85. The Balaban J connectivity index is 1.33. The number of aryl methyl sites for hydroxylation is 1. The summed E-state index contributed by atoms with van der Waals surface area (Å²) in [6.07, 6.45) is 6.90. The Morgan fingerprint density at radius 2 is 1.42 bits per heavy atom. The van der Waals surface area contributed by atoms with Crippen LogP contribution in [-0.2, 0) is 0 Å². The van der Waals surface area contributed by atoms with Crippen molar-refractivity contribution < 1.29 is 0 Å². The fraction of sp³-hybridized carbons (Fsp3) is 0.211. The molecule has 0 aromatic heterocycles. The summed E-state index contributed by atoms with van der Waals surface area (Å²) in [6.45, 7) is 9.15. The van der Waals surface area contributed by atoms with Gasteiger partial charge in [-0.3, -0.25) is 0 Å². The third kappa shape index (κ3) is 4.39. The molecule has 1 aliphatic carbocycles. The van der Waals surface area contributed by atoms with Crippen LogP contribution in [0.3, 0.4) is 0 Å². The van der Waals surface area contributed by atoms with Gasteiger partial charge in [0.05, 0.1) is 0 Å². The zero-order valence-corrected chi connectivity index (χ0v) is 23.0. The molecule has 0 fully saturated rings. The highest BCUT2D eigenvalue weighted by Crippen LogP contribution is 2.38. The Morgan fingerprint density at radius 3 is 2.18 bits per heavy atom. The topological polar surface area (TPSA) is 0 Å². The van der Waals surface area contributed by atoms with Crippen LogP contribution in [-0.4, -0.2) is 0 Å².